The summed E-state index contributed by atoms with van der Waals surface area (Å²) >= 11 is 0. The van der Waals surface area contributed by atoms with Gasteiger partial charge in [0.25, 0.3) is 0 Å². The van der Waals surface area contributed by atoms with E-state index in [1.54, 1.807) is 62.8 Å². The molecule has 0 unspecified atom stereocenters. The average molecular weight is 425 g/mol. The number of benzene rings is 2. The number of fused-ring (bicyclic) bond motifs is 2. The number of likely N-dealkylation sites (N-methyl/N-ethyl adjacent to an activating group) is 1. The standard InChI is InChI=1S/C24H27NO6/c1-25-17-12-20(30-23(26)15-4-8-18(28-2)9-5-15)14-21(25)22(13-17)31-24(27)16-6-10-19(29-3)11-7-16/h4-11,17,20-22H,12-14H2,1-3H3/t17-,20-,21+,22-/m0/s1. The van der Waals surface area contributed by atoms with Crippen molar-refractivity contribution < 1.29 is 28.5 Å². The lowest BCUT2D eigenvalue weighted by Gasteiger charge is -2.36. The number of hydrogen-bond acceptors (Lipinski definition) is 7. The van der Waals surface area contributed by atoms with Crippen molar-refractivity contribution in [1.29, 1.82) is 0 Å². The van der Waals surface area contributed by atoms with Crippen molar-refractivity contribution in [3.8, 4) is 11.5 Å². The summed E-state index contributed by atoms with van der Waals surface area (Å²) in [6.07, 6.45) is 1.67. The SMILES string of the molecule is COc1ccc(C(=O)O[C@H]2C[C@H]3C[C@H](OC(=O)c4ccc(OC)cc4)[C@@H](C2)N3C)cc1. The summed E-state index contributed by atoms with van der Waals surface area (Å²) in [6, 6.07) is 14.0. The van der Waals surface area contributed by atoms with Gasteiger partial charge in [0, 0.05) is 25.3 Å². The fourth-order valence-electron chi connectivity index (χ4n) is 4.48. The van der Waals surface area contributed by atoms with E-state index in [0.717, 1.165) is 12.8 Å². The van der Waals surface area contributed by atoms with Crippen LogP contribution in [0.3, 0.4) is 0 Å². The molecule has 2 aliphatic rings. The highest BCUT2D eigenvalue weighted by molar-refractivity contribution is 5.90. The van der Waals surface area contributed by atoms with E-state index in [9.17, 15) is 9.59 Å². The molecule has 7 heteroatoms. The van der Waals surface area contributed by atoms with Crippen LogP contribution in [-0.4, -0.2) is 62.4 Å². The summed E-state index contributed by atoms with van der Waals surface area (Å²) < 4.78 is 21.9. The first-order valence-corrected chi connectivity index (χ1v) is 10.4. The van der Waals surface area contributed by atoms with E-state index in [1.807, 2.05) is 7.05 Å². The molecule has 2 heterocycles. The Kier molecular flexibility index (Phi) is 6.13. The molecule has 4 atom stereocenters. The lowest BCUT2D eigenvalue weighted by molar-refractivity contribution is -0.0152. The van der Waals surface area contributed by atoms with Gasteiger partial charge in [-0.2, -0.15) is 0 Å². The Labute approximate surface area is 181 Å². The molecular formula is C24H27NO6. The van der Waals surface area contributed by atoms with Crippen LogP contribution in [0.5, 0.6) is 11.5 Å². The molecule has 0 radical (unpaired) electrons. The van der Waals surface area contributed by atoms with Gasteiger partial charge in [0.1, 0.15) is 23.7 Å². The van der Waals surface area contributed by atoms with Crippen molar-refractivity contribution >= 4 is 11.9 Å². The van der Waals surface area contributed by atoms with E-state index in [2.05, 4.69) is 4.90 Å². The Morgan fingerprint density at radius 3 is 1.81 bits per heavy atom. The normalized spacial score (nSPS) is 25.0. The van der Waals surface area contributed by atoms with Crippen LogP contribution in [0, 0.1) is 0 Å². The minimum atomic E-state index is -0.347. The van der Waals surface area contributed by atoms with Gasteiger partial charge in [0.05, 0.1) is 31.4 Å². The molecule has 2 fully saturated rings. The molecule has 2 bridgehead atoms. The molecule has 4 rings (SSSR count). The Balaban J connectivity index is 1.37. The van der Waals surface area contributed by atoms with E-state index in [1.165, 1.54) is 0 Å². The van der Waals surface area contributed by atoms with Crippen molar-refractivity contribution in [2.75, 3.05) is 21.3 Å². The van der Waals surface area contributed by atoms with Gasteiger partial charge in [0.2, 0.25) is 0 Å². The largest absolute Gasteiger partial charge is 0.497 e. The van der Waals surface area contributed by atoms with E-state index in [0.29, 0.717) is 29.0 Å². The predicted molar refractivity (Wildman–Crippen MR) is 114 cm³/mol. The molecule has 164 valence electrons. The quantitative estimate of drug-likeness (QED) is 0.657. The van der Waals surface area contributed by atoms with Crippen LogP contribution < -0.4 is 9.47 Å². The minimum Gasteiger partial charge on any atom is -0.497 e. The fraction of sp³-hybridized carbons (Fsp3) is 0.417. The Morgan fingerprint density at radius 2 is 1.29 bits per heavy atom. The zero-order chi connectivity index (χ0) is 22.0. The second kappa shape index (κ2) is 8.98. The third-order valence-corrected chi connectivity index (χ3v) is 6.26. The number of hydrogen-bond donors (Lipinski definition) is 0. The highest BCUT2D eigenvalue weighted by Gasteiger charge is 2.47. The summed E-state index contributed by atoms with van der Waals surface area (Å²) in [5, 5.41) is 0. The molecule has 7 nitrogen and oxygen atoms in total. The van der Waals surface area contributed by atoms with Crippen molar-refractivity contribution in [3.05, 3.63) is 59.7 Å². The first-order valence-electron chi connectivity index (χ1n) is 10.4. The average Bonchev–Trinajstić information content (AvgIpc) is 2.96. The van der Waals surface area contributed by atoms with Crippen molar-refractivity contribution in [1.82, 2.24) is 4.90 Å². The molecule has 2 aromatic carbocycles. The van der Waals surface area contributed by atoms with Crippen LogP contribution in [-0.2, 0) is 9.47 Å². The summed E-state index contributed by atoms with van der Waals surface area (Å²) in [4.78, 5) is 27.4. The Hall–Kier alpha value is -3.06. The molecule has 2 aromatic rings. The number of methoxy groups -OCH3 is 2. The topological polar surface area (TPSA) is 74.3 Å². The molecule has 0 aliphatic carbocycles. The number of carbonyl (C=O) groups is 2. The number of rotatable bonds is 6. The molecule has 0 aromatic heterocycles. The summed E-state index contributed by atoms with van der Waals surface area (Å²) in [7, 11) is 5.21. The van der Waals surface area contributed by atoms with Gasteiger partial charge in [-0.15, -0.1) is 0 Å². The molecular weight excluding hydrogens is 398 g/mol. The molecule has 2 saturated heterocycles. The number of carbonyl (C=O) groups excluding carboxylic acids is 2. The summed E-state index contributed by atoms with van der Waals surface area (Å²) in [5.74, 6) is 0.689. The lowest BCUT2D eigenvalue weighted by atomic mass is 10.00. The first kappa shape index (κ1) is 21.2. The van der Waals surface area contributed by atoms with E-state index in [-0.39, 0.29) is 36.2 Å². The van der Waals surface area contributed by atoms with Crippen molar-refractivity contribution in [3.63, 3.8) is 0 Å². The first-order chi connectivity index (χ1) is 15.0. The molecule has 0 saturated carbocycles. The number of piperidine rings is 1. The minimum absolute atomic E-state index is 0.0228. The number of nitrogens with zero attached hydrogens (tertiary/aromatic N) is 1. The van der Waals surface area contributed by atoms with Gasteiger partial charge in [-0.3, -0.25) is 4.90 Å². The van der Waals surface area contributed by atoms with Gasteiger partial charge in [-0.05, 0) is 55.6 Å². The molecule has 2 aliphatic heterocycles. The smallest absolute Gasteiger partial charge is 0.338 e. The third-order valence-electron chi connectivity index (χ3n) is 6.26. The second-order valence-electron chi connectivity index (χ2n) is 8.02. The van der Waals surface area contributed by atoms with Gasteiger partial charge < -0.3 is 18.9 Å². The van der Waals surface area contributed by atoms with Crippen LogP contribution in [0.1, 0.15) is 40.0 Å². The highest BCUT2D eigenvalue weighted by atomic mass is 16.6. The van der Waals surface area contributed by atoms with E-state index < -0.39 is 0 Å². The number of ether oxygens (including phenoxy) is 4. The summed E-state index contributed by atoms with van der Waals surface area (Å²) in [6.45, 7) is 0. The number of esters is 2. The maximum atomic E-state index is 12.6. The monoisotopic (exact) mass is 425 g/mol. The highest BCUT2D eigenvalue weighted by Crippen LogP contribution is 2.38. The van der Waals surface area contributed by atoms with Crippen LogP contribution in [0.15, 0.2) is 48.5 Å². The van der Waals surface area contributed by atoms with E-state index >= 15 is 0 Å². The maximum Gasteiger partial charge on any atom is 0.338 e. The van der Waals surface area contributed by atoms with Gasteiger partial charge in [-0.25, -0.2) is 9.59 Å². The molecule has 0 N–H and O–H groups in total. The zero-order valence-corrected chi connectivity index (χ0v) is 17.9. The van der Waals surface area contributed by atoms with Gasteiger partial charge in [0.15, 0.2) is 0 Å². The zero-order valence-electron chi connectivity index (χ0n) is 17.9. The van der Waals surface area contributed by atoms with Gasteiger partial charge >= 0.3 is 11.9 Å². The second-order valence-corrected chi connectivity index (χ2v) is 8.02. The third kappa shape index (κ3) is 4.51. The van der Waals surface area contributed by atoms with Crippen LogP contribution in [0.25, 0.3) is 0 Å². The van der Waals surface area contributed by atoms with Gasteiger partial charge in [-0.1, -0.05) is 0 Å². The van der Waals surface area contributed by atoms with Crippen LogP contribution in [0.4, 0.5) is 0 Å². The van der Waals surface area contributed by atoms with E-state index in [4.69, 9.17) is 18.9 Å². The van der Waals surface area contributed by atoms with Crippen LogP contribution in [0.2, 0.25) is 0 Å². The van der Waals surface area contributed by atoms with Crippen molar-refractivity contribution in [2.45, 2.75) is 43.6 Å². The molecule has 0 spiro atoms. The maximum absolute atomic E-state index is 12.6. The molecule has 0 amide bonds. The van der Waals surface area contributed by atoms with Crippen molar-refractivity contribution in [2.24, 2.45) is 0 Å². The Morgan fingerprint density at radius 1 is 0.774 bits per heavy atom. The summed E-state index contributed by atoms with van der Waals surface area (Å²) in [5.41, 5.74) is 0.988. The fourth-order valence-corrected chi connectivity index (χ4v) is 4.48. The Bertz CT molecular complexity index is 924. The predicted octanol–water partition coefficient (Wildman–Crippen LogP) is 3.32. The molecule has 31 heavy (non-hydrogen) atoms. The lowest BCUT2D eigenvalue weighted by Crippen LogP contribution is -2.46. The van der Waals surface area contributed by atoms with Crippen LogP contribution >= 0.6 is 0 Å².